The summed E-state index contributed by atoms with van der Waals surface area (Å²) in [5.41, 5.74) is 5.13. The summed E-state index contributed by atoms with van der Waals surface area (Å²) in [4.78, 5) is 0. The summed E-state index contributed by atoms with van der Waals surface area (Å²) in [7, 11) is 0. The minimum Gasteiger partial charge on any atom is -0.304 e. The van der Waals surface area contributed by atoms with Gasteiger partial charge in [-0.25, -0.2) is 0 Å². The van der Waals surface area contributed by atoms with E-state index in [0.29, 0.717) is 0 Å². The van der Waals surface area contributed by atoms with Crippen molar-refractivity contribution >= 4 is 0 Å². The van der Waals surface area contributed by atoms with Gasteiger partial charge in [-0.2, -0.15) is 0 Å². The lowest BCUT2D eigenvalue weighted by molar-refractivity contribution is 0.381. The molecule has 30 heavy (non-hydrogen) atoms. The molecule has 150 valence electrons. The van der Waals surface area contributed by atoms with Gasteiger partial charge in [-0.3, -0.25) is 0 Å². The second kappa shape index (κ2) is 10.5. The maximum Gasteiger partial charge on any atom is 0.0521 e. The molecule has 0 aliphatic carbocycles. The van der Waals surface area contributed by atoms with E-state index in [1.165, 1.54) is 22.3 Å². The van der Waals surface area contributed by atoms with Gasteiger partial charge in [-0.05, 0) is 22.3 Å². The van der Waals surface area contributed by atoms with Crippen molar-refractivity contribution in [1.82, 2.24) is 10.6 Å². The third-order valence-electron chi connectivity index (χ3n) is 5.39. The van der Waals surface area contributed by atoms with Crippen LogP contribution in [-0.2, 0) is 13.1 Å². The second-order valence-electron chi connectivity index (χ2n) is 7.51. The number of hydrogen-bond donors (Lipinski definition) is 2. The highest BCUT2D eigenvalue weighted by Gasteiger charge is 2.24. The molecule has 0 saturated carbocycles. The van der Waals surface area contributed by atoms with Crippen LogP contribution in [0.15, 0.2) is 121 Å². The zero-order valence-corrected chi connectivity index (χ0v) is 17.1. The molecule has 2 heteroatoms. The maximum atomic E-state index is 3.82. The lowest BCUT2D eigenvalue weighted by atomic mass is 9.92. The van der Waals surface area contributed by atoms with Crippen molar-refractivity contribution in [3.05, 3.63) is 144 Å². The predicted octanol–water partition coefficient (Wildman–Crippen LogP) is 6.05. The van der Waals surface area contributed by atoms with Crippen molar-refractivity contribution in [2.75, 3.05) is 0 Å². The number of rotatable bonds is 9. The molecule has 0 aromatic heterocycles. The highest BCUT2D eigenvalue weighted by Crippen LogP contribution is 2.30. The molecule has 0 spiro atoms. The standard InChI is InChI=1S/C28H28N2/c1-5-13-23(14-6-1)21-29-27(25-17-9-3-10-18-25)28(26-19-11-4-12-20-26)30-22-24-15-7-2-8-16-24/h1-20,27-30H,21-22H2/t27-,28-/m0/s1. The molecule has 0 aliphatic heterocycles. The minimum absolute atomic E-state index is 0.137. The quantitative estimate of drug-likeness (QED) is 0.362. The Morgan fingerprint density at radius 2 is 0.700 bits per heavy atom. The topological polar surface area (TPSA) is 24.1 Å². The largest absolute Gasteiger partial charge is 0.304 e. The summed E-state index contributed by atoms with van der Waals surface area (Å²) < 4.78 is 0. The Bertz CT molecular complexity index is 901. The first kappa shape index (κ1) is 20.1. The molecular formula is C28H28N2. The first-order chi connectivity index (χ1) is 14.9. The average molecular weight is 393 g/mol. The SMILES string of the molecule is c1ccc(CN[C@@H](c2ccccc2)[C@@H](NCc2ccccc2)c2ccccc2)cc1. The minimum atomic E-state index is 0.137. The number of benzene rings is 4. The Balaban J connectivity index is 1.63. The maximum absolute atomic E-state index is 3.82. The van der Waals surface area contributed by atoms with E-state index in [9.17, 15) is 0 Å². The molecule has 2 atom stereocenters. The van der Waals surface area contributed by atoms with Crippen molar-refractivity contribution in [2.24, 2.45) is 0 Å². The molecular weight excluding hydrogens is 364 g/mol. The van der Waals surface area contributed by atoms with Gasteiger partial charge in [0, 0.05) is 13.1 Å². The first-order valence-corrected chi connectivity index (χ1v) is 10.5. The van der Waals surface area contributed by atoms with Gasteiger partial charge >= 0.3 is 0 Å². The molecule has 4 aromatic rings. The smallest absolute Gasteiger partial charge is 0.0521 e. The van der Waals surface area contributed by atoms with Crippen LogP contribution in [0.3, 0.4) is 0 Å². The van der Waals surface area contributed by atoms with E-state index in [4.69, 9.17) is 0 Å². The van der Waals surface area contributed by atoms with E-state index in [2.05, 4.69) is 132 Å². The lowest BCUT2D eigenvalue weighted by Crippen LogP contribution is -2.35. The summed E-state index contributed by atoms with van der Waals surface area (Å²) in [6.45, 7) is 1.63. The fourth-order valence-electron chi connectivity index (χ4n) is 3.82. The van der Waals surface area contributed by atoms with Crippen LogP contribution in [0.5, 0.6) is 0 Å². The van der Waals surface area contributed by atoms with Crippen LogP contribution < -0.4 is 10.6 Å². The van der Waals surface area contributed by atoms with Gasteiger partial charge in [-0.1, -0.05) is 121 Å². The molecule has 2 N–H and O–H groups in total. The van der Waals surface area contributed by atoms with Gasteiger partial charge in [0.2, 0.25) is 0 Å². The van der Waals surface area contributed by atoms with Crippen molar-refractivity contribution in [1.29, 1.82) is 0 Å². The Morgan fingerprint density at radius 3 is 1.03 bits per heavy atom. The normalized spacial score (nSPS) is 12.9. The van der Waals surface area contributed by atoms with E-state index in [1.54, 1.807) is 0 Å². The molecule has 4 rings (SSSR count). The van der Waals surface area contributed by atoms with Crippen LogP contribution in [0, 0.1) is 0 Å². The predicted molar refractivity (Wildman–Crippen MR) is 125 cm³/mol. The van der Waals surface area contributed by atoms with Crippen LogP contribution >= 0.6 is 0 Å². The van der Waals surface area contributed by atoms with E-state index in [0.717, 1.165) is 13.1 Å². The van der Waals surface area contributed by atoms with Crippen LogP contribution in [0.1, 0.15) is 34.3 Å². The Morgan fingerprint density at radius 1 is 0.400 bits per heavy atom. The Labute approximate surface area is 179 Å². The summed E-state index contributed by atoms with van der Waals surface area (Å²) in [6, 6.07) is 42.9. The molecule has 0 radical (unpaired) electrons. The molecule has 0 saturated heterocycles. The van der Waals surface area contributed by atoms with Gasteiger partial charge < -0.3 is 10.6 Å². The average Bonchev–Trinajstić information content (AvgIpc) is 2.83. The molecule has 0 aliphatic rings. The Hall–Kier alpha value is -3.20. The first-order valence-electron chi connectivity index (χ1n) is 10.5. The molecule has 0 unspecified atom stereocenters. The van der Waals surface area contributed by atoms with Gasteiger partial charge in [0.25, 0.3) is 0 Å². The van der Waals surface area contributed by atoms with Crippen molar-refractivity contribution in [3.63, 3.8) is 0 Å². The molecule has 0 bridgehead atoms. The summed E-state index contributed by atoms with van der Waals surface area (Å²) in [5.74, 6) is 0. The van der Waals surface area contributed by atoms with Crippen LogP contribution in [0.25, 0.3) is 0 Å². The second-order valence-corrected chi connectivity index (χ2v) is 7.51. The highest BCUT2D eigenvalue weighted by atomic mass is 15.0. The molecule has 0 amide bonds. The van der Waals surface area contributed by atoms with Crippen molar-refractivity contribution in [2.45, 2.75) is 25.2 Å². The zero-order chi connectivity index (χ0) is 20.4. The molecule has 4 aromatic carbocycles. The van der Waals surface area contributed by atoms with Gasteiger partial charge in [-0.15, -0.1) is 0 Å². The van der Waals surface area contributed by atoms with Crippen LogP contribution in [0.2, 0.25) is 0 Å². The molecule has 0 fully saturated rings. The van der Waals surface area contributed by atoms with Crippen LogP contribution in [-0.4, -0.2) is 0 Å². The van der Waals surface area contributed by atoms with Gasteiger partial charge in [0.1, 0.15) is 0 Å². The lowest BCUT2D eigenvalue weighted by Gasteiger charge is -2.30. The highest BCUT2D eigenvalue weighted by molar-refractivity contribution is 5.28. The van der Waals surface area contributed by atoms with Crippen molar-refractivity contribution in [3.8, 4) is 0 Å². The monoisotopic (exact) mass is 392 g/mol. The fraction of sp³-hybridized carbons (Fsp3) is 0.143. The van der Waals surface area contributed by atoms with Gasteiger partial charge in [0.15, 0.2) is 0 Å². The summed E-state index contributed by atoms with van der Waals surface area (Å²) >= 11 is 0. The van der Waals surface area contributed by atoms with Gasteiger partial charge in [0.05, 0.1) is 12.1 Å². The third-order valence-corrected chi connectivity index (χ3v) is 5.39. The van der Waals surface area contributed by atoms with E-state index in [-0.39, 0.29) is 12.1 Å². The molecule has 0 heterocycles. The van der Waals surface area contributed by atoms with E-state index in [1.807, 2.05) is 0 Å². The summed E-state index contributed by atoms with van der Waals surface area (Å²) in [5, 5.41) is 7.65. The number of nitrogens with one attached hydrogen (secondary N) is 2. The summed E-state index contributed by atoms with van der Waals surface area (Å²) in [6.07, 6.45) is 0. The third kappa shape index (κ3) is 5.44. The van der Waals surface area contributed by atoms with Crippen LogP contribution in [0.4, 0.5) is 0 Å². The zero-order valence-electron chi connectivity index (χ0n) is 17.1. The number of hydrogen-bond acceptors (Lipinski definition) is 2. The fourth-order valence-corrected chi connectivity index (χ4v) is 3.82. The molecule has 2 nitrogen and oxygen atoms in total. The van der Waals surface area contributed by atoms with E-state index < -0.39 is 0 Å². The van der Waals surface area contributed by atoms with Crippen molar-refractivity contribution < 1.29 is 0 Å². The Kier molecular flexibility index (Phi) is 7.06. The van der Waals surface area contributed by atoms with E-state index >= 15 is 0 Å².